The predicted octanol–water partition coefficient (Wildman–Crippen LogP) is 2.05. The Morgan fingerprint density at radius 2 is 1.94 bits per heavy atom. The molecule has 1 atom stereocenters. The fraction of sp³-hybridized carbons (Fsp3) is 0.462. The normalized spacial score (nSPS) is 12.3. The third-order valence-electron chi connectivity index (χ3n) is 2.55. The lowest BCUT2D eigenvalue weighted by Crippen LogP contribution is -2.15. The first-order valence-electron chi connectivity index (χ1n) is 5.70. The zero-order valence-corrected chi connectivity index (χ0v) is 10.3. The van der Waals surface area contributed by atoms with E-state index >= 15 is 0 Å². The molecule has 1 N–H and O–H groups in total. The van der Waals surface area contributed by atoms with E-state index < -0.39 is 11.9 Å². The Morgan fingerprint density at radius 3 is 2.50 bits per heavy atom. The number of carbonyl (C=O) groups is 1. The molecule has 100 valence electrons. The van der Waals surface area contributed by atoms with Crippen LogP contribution in [0, 0.1) is 5.82 Å². The van der Waals surface area contributed by atoms with Gasteiger partial charge in [0.05, 0.1) is 19.1 Å². The van der Waals surface area contributed by atoms with Gasteiger partial charge in [-0.2, -0.15) is 0 Å². The molecule has 0 spiro atoms. The molecule has 1 aromatic rings. The van der Waals surface area contributed by atoms with Gasteiger partial charge < -0.3 is 14.6 Å². The van der Waals surface area contributed by atoms with Gasteiger partial charge in [-0.1, -0.05) is 12.1 Å². The van der Waals surface area contributed by atoms with Crippen LogP contribution in [0.25, 0.3) is 0 Å². The minimum Gasteiger partial charge on any atom is -0.481 e. The maximum Gasteiger partial charge on any atom is 0.311 e. The lowest BCUT2D eigenvalue weighted by Gasteiger charge is -2.12. The molecule has 0 bridgehead atoms. The summed E-state index contributed by atoms with van der Waals surface area (Å²) in [6, 6.07) is 5.50. The smallest absolute Gasteiger partial charge is 0.311 e. The maximum absolute atomic E-state index is 12.8. The highest BCUT2D eigenvalue weighted by molar-refractivity contribution is 5.76. The summed E-state index contributed by atoms with van der Waals surface area (Å²) in [5.74, 6) is -1.98. The molecular weight excluding hydrogens is 239 g/mol. The van der Waals surface area contributed by atoms with Gasteiger partial charge in [-0.25, -0.2) is 4.39 Å². The van der Waals surface area contributed by atoms with Gasteiger partial charge in [0, 0.05) is 13.7 Å². The van der Waals surface area contributed by atoms with E-state index in [1.54, 1.807) is 7.11 Å². The lowest BCUT2D eigenvalue weighted by molar-refractivity contribution is -0.139. The first-order valence-corrected chi connectivity index (χ1v) is 5.70. The van der Waals surface area contributed by atoms with Crippen LogP contribution in [0.5, 0.6) is 0 Å². The van der Waals surface area contributed by atoms with E-state index in [1.807, 2.05) is 0 Å². The second kappa shape index (κ2) is 7.79. The van der Waals surface area contributed by atoms with Gasteiger partial charge in [-0.15, -0.1) is 0 Å². The number of aliphatic carboxylic acids is 1. The number of benzene rings is 1. The van der Waals surface area contributed by atoms with Crippen LogP contribution in [0.1, 0.15) is 17.9 Å². The van der Waals surface area contributed by atoms with Crippen molar-refractivity contribution in [3.8, 4) is 0 Å². The zero-order chi connectivity index (χ0) is 13.4. The molecular formula is C13H17FO4. The Hall–Kier alpha value is -1.46. The van der Waals surface area contributed by atoms with E-state index in [4.69, 9.17) is 14.6 Å². The molecule has 1 aromatic carbocycles. The van der Waals surface area contributed by atoms with Crippen LogP contribution >= 0.6 is 0 Å². The quantitative estimate of drug-likeness (QED) is 0.723. The van der Waals surface area contributed by atoms with Crippen molar-refractivity contribution in [3.63, 3.8) is 0 Å². The average molecular weight is 256 g/mol. The molecule has 0 aliphatic rings. The van der Waals surface area contributed by atoms with Crippen molar-refractivity contribution in [2.24, 2.45) is 0 Å². The second-order valence-corrected chi connectivity index (χ2v) is 3.84. The maximum atomic E-state index is 12.8. The number of carboxylic acid groups (broad SMARTS) is 1. The minimum absolute atomic E-state index is 0.331. The van der Waals surface area contributed by atoms with Crippen molar-refractivity contribution >= 4 is 5.97 Å². The van der Waals surface area contributed by atoms with Crippen LogP contribution in [-0.4, -0.2) is 38.0 Å². The number of methoxy groups -OCH3 is 1. The molecule has 0 aromatic heterocycles. The molecule has 0 fully saturated rings. The molecule has 0 aliphatic carbocycles. The molecule has 0 aliphatic heterocycles. The molecule has 4 nitrogen and oxygen atoms in total. The number of hydrogen-bond donors (Lipinski definition) is 1. The van der Waals surface area contributed by atoms with Crippen LogP contribution < -0.4 is 0 Å². The van der Waals surface area contributed by atoms with E-state index in [0.29, 0.717) is 31.8 Å². The van der Waals surface area contributed by atoms with Gasteiger partial charge in [0.15, 0.2) is 0 Å². The van der Waals surface area contributed by atoms with Crippen molar-refractivity contribution in [1.29, 1.82) is 0 Å². The number of rotatable bonds is 8. The summed E-state index contributed by atoms with van der Waals surface area (Å²) in [6.07, 6.45) is 0.352. The van der Waals surface area contributed by atoms with Gasteiger partial charge in [-0.05, 0) is 24.1 Å². The fourth-order valence-corrected chi connectivity index (χ4v) is 1.57. The van der Waals surface area contributed by atoms with Gasteiger partial charge in [0.25, 0.3) is 0 Å². The Balaban J connectivity index is 2.50. The standard InChI is InChI=1S/C13H17FO4/c1-17-8-9-18-7-6-12(13(15)16)10-2-4-11(14)5-3-10/h2-5,12H,6-9H2,1H3,(H,15,16). The van der Waals surface area contributed by atoms with E-state index in [1.165, 1.54) is 24.3 Å². The third kappa shape index (κ3) is 4.81. The monoisotopic (exact) mass is 256 g/mol. The van der Waals surface area contributed by atoms with Gasteiger partial charge in [0.2, 0.25) is 0 Å². The van der Waals surface area contributed by atoms with E-state index in [0.717, 1.165) is 0 Å². The number of hydrogen-bond acceptors (Lipinski definition) is 3. The average Bonchev–Trinajstić information content (AvgIpc) is 2.35. The van der Waals surface area contributed by atoms with E-state index in [-0.39, 0.29) is 5.82 Å². The highest BCUT2D eigenvalue weighted by atomic mass is 19.1. The molecule has 0 saturated heterocycles. The Labute approximate surface area is 105 Å². The van der Waals surface area contributed by atoms with E-state index in [2.05, 4.69) is 0 Å². The van der Waals surface area contributed by atoms with Gasteiger partial charge >= 0.3 is 5.97 Å². The molecule has 5 heteroatoms. The summed E-state index contributed by atoms with van der Waals surface area (Å²) in [7, 11) is 1.57. The van der Waals surface area contributed by atoms with Crippen molar-refractivity contribution < 1.29 is 23.8 Å². The molecule has 0 amide bonds. The van der Waals surface area contributed by atoms with Crippen molar-refractivity contribution in [3.05, 3.63) is 35.6 Å². The number of carboxylic acids is 1. The topological polar surface area (TPSA) is 55.8 Å². The fourth-order valence-electron chi connectivity index (χ4n) is 1.57. The predicted molar refractivity (Wildman–Crippen MR) is 64.1 cm³/mol. The summed E-state index contributed by atoms with van der Waals surface area (Å²) in [5.41, 5.74) is 0.583. The van der Waals surface area contributed by atoms with Crippen LogP contribution in [0.15, 0.2) is 24.3 Å². The first-order chi connectivity index (χ1) is 8.65. The molecule has 1 unspecified atom stereocenters. The molecule has 1 rings (SSSR count). The van der Waals surface area contributed by atoms with Crippen LogP contribution in [0.4, 0.5) is 4.39 Å². The van der Waals surface area contributed by atoms with Crippen LogP contribution in [0.2, 0.25) is 0 Å². The summed E-state index contributed by atoms with van der Waals surface area (Å²) >= 11 is 0. The van der Waals surface area contributed by atoms with Crippen LogP contribution in [-0.2, 0) is 14.3 Å². The van der Waals surface area contributed by atoms with Crippen LogP contribution in [0.3, 0.4) is 0 Å². The Kier molecular flexibility index (Phi) is 6.32. The number of halogens is 1. The van der Waals surface area contributed by atoms with E-state index in [9.17, 15) is 9.18 Å². The lowest BCUT2D eigenvalue weighted by atomic mass is 9.96. The second-order valence-electron chi connectivity index (χ2n) is 3.84. The first kappa shape index (κ1) is 14.6. The highest BCUT2D eigenvalue weighted by Gasteiger charge is 2.19. The van der Waals surface area contributed by atoms with Crippen molar-refractivity contribution in [2.75, 3.05) is 26.9 Å². The molecule has 0 radical (unpaired) electrons. The molecule has 0 saturated carbocycles. The summed E-state index contributed by atoms with van der Waals surface area (Å²) in [6.45, 7) is 1.25. The Morgan fingerprint density at radius 1 is 1.28 bits per heavy atom. The summed E-state index contributed by atoms with van der Waals surface area (Å²) in [4.78, 5) is 11.1. The van der Waals surface area contributed by atoms with Crippen molar-refractivity contribution in [2.45, 2.75) is 12.3 Å². The van der Waals surface area contributed by atoms with Gasteiger partial charge in [0.1, 0.15) is 5.82 Å². The molecule has 0 heterocycles. The van der Waals surface area contributed by atoms with Crippen molar-refractivity contribution in [1.82, 2.24) is 0 Å². The van der Waals surface area contributed by atoms with Gasteiger partial charge in [-0.3, -0.25) is 4.79 Å². The molecule has 18 heavy (non-hydrogen) atoms. The summed E-state index contributed by atoms with van der Waals surface area (Å²) < 4.78 is 22.8. The summed E-state index contributed by atoms with van der Waals surface area (Å²) in [5, 5.41) is 9.12. The SMILES string of the molecule is COCCOCCC(C(=O)O)c1ccc(F)cc1. The Bertz CT molecular complexity index is 364. The third-order valence-corrected chi connectivity index (χ3v) is 2.55. The zero-order valence-electron chi connectivity index (χ0n) is 10.3. The largest absolute Gasteiger partial charge is 0.481 e. The number of ether oxygens (including phenoxy) is 2. The minimum atomic E-state index is -0.933. The highest BCUT2D eigenvalue weighted by Crippen LogP contribution is 2.20.